The molecule has 1 fully saturated rings. The lowest BCUT2D eigenvalue weighted by Crippen LogP contribution is -2.36. The lowest BCUT2D eigenvalue weighted by Gasteiger charge is -2.26. The highest BCUT2D eigenvalue weighted by atomic mass is 16.6. The van der Waals surface area contributed by atoms with Gasteiger partial charge in [-0.1, -0.05) is 0 Å². The average molecular weight is 359 g/mol. The summed E-state index contributed by atoms with van der Waals surface area (Å²) in [4.78, 5) is 35.9. The van der Waals surface area contributed by atoms with Crippen molar-refractivity contribution in [3.63, 3.8) is 0 Å². The summed E-state index contributed by atoms with van der Waals surface area (Å²) in [5.74, 6) is -2.44. The second-order valence-electron chi connectivity index (χ2n) is 5.33. The van der Waals surface area contributed by atoms with Crippen LogP contribution in [0.25, 0.3) is 0 Å². The minimum absolute atomic E-state index is 0.191. The standard InChI is InChI=1S/C16H25NO8/c1-22-14(19)4-5-15(20)25-12-13(18)16(21)24-9-3-2-6-17-7-10-23-11-8-17/h4-5,13,18H,2-3,6-12H2,1H3/b5-4+. The number of methoxy groups -OCH3 is 1. The van der Waals surface area contributed by atoms with Crippen molar-refractivity contribution < 1.29 is 38.4 Å². The Labute approximate surface area is 146 Å². The van der Waals surface area contributed by atoms with E-state index in [1.807, 2.05) is 0 Å². The van der Waals surface area contributed by atoms with Crippen LogP contribution < -0.4 is 0 Å². The third-order valence-electron chi connectivity index (χ3n) is 3.43. The van der Waals surface area contributed by atoms with Gasteiger partial charge in [0, 0.05) is 25.2 Å². The maximum atomic E-state index is 11.6. The molecule has 9 heteroatoms. The van der Waals surface area contributed by atoms with Crippen molar-refractivity contribution in [2.45, 2.75) is 18.9 Å². The van der Waals surface area contributed by atoms with E-state index in [2.05, 4.69) is 14.4 Å². The Morgan fingerprint density at radius 1 is 1.12 bits per heavy atom. The number of carbonyl (C=O) groups is 3. The van der Waals surface area contributed by atoms with Gasteiger partial charge in [-0.25, -0.2) is 14.4 Å². The summed E-state index contributed by atoms with van der Waals surface area (Å²) < 4.78 is 19.1. The zero-order chi connectivity index (χ0) is 18.5. The number of ether oxygens (including phenoxy) is 4. The first-order valence-corrected chi connectivity index (χ1v) is 8.10. The predicted octanol–water partition coefficient (Wildman–Crippen LogP) is -0.725. The molecule has 9 nitrogen and oxygen atoms in total. The summed E-state index contributed by atoms with van der Waals surface area (Å²) in [6, 6.07) is 0. The fourth-order valence-electron chi connectivity index (χ4n) is 2.01. The summed E-state index contributed by atoms with van der Waals surface area (Å²) >= 11 is 0. The Morgan fingerprint density at radius 3 is 2.48 bits per heavy atom. The van der Waals surface area contributed by atoms with Crippen molar-refractivity contribution in [2.75, 3.05) is 53.2 Å². The summed E-state index contributed by atoms with van der Waals surface area (Å²) in [5, 5.41) is 9.56. The molecule has 1 heterocycles. The molecule has 0 radical (unpaired) electrons. The van der Waals surface area contributed by atoms with Gasteiger partial charge in [0.2, 0.25) is 0 Å². The zero-order valence-corrected chi connectivity index (χ0v) is 14.3. The number of rotatable bonds is 10. The van der Waals surface area contributed by atoms with Crippen LogP contribution in [0.1, 0.15) is 12.8 Å². The van der Waals surface area contributed by atoms with Gasteiger partial charge in [0.15, 0.2) is 6.10 Å². The molecule has 25 heavy (non-hydrogen) atoms. The average Bonchev–Trinajstić information content (AvgIpc) is 2.64. The molecule has 1 atom stereocenters. The maximum absolute atomic E-state index is 11.6. The highest BCUT2D eigenvalue weighted by Gasteiger charge is 2.18. The minimum Gasteiger partial charge on any atom is -0.466 e. The first-order chi connectivity index (χ1) is 12.0. The summed E-state index contributed by atoms with van der Waals surface area (Å²) in [7, 11) is 1.17. The lowest BCUT2D eigenvalue weighted by molar-refractivity contribution is -0.159. The van der Waals surface area contributed by atoms with E-state index in [0.29, 0.717) is 6.42 Å². The molecule has 0 bridgehead atoms. The number of nitrogens with zero attached hydrogens (tertiary/aromatic N) is 1. The quantitative estimate of drug-likeness (QED) is 0.234. The smallest absolute Gasteiger partial charge is 0.338 e. The van der Waals surface area contributed by atoms with Gasteiger partial charge < -0.3 is 24.1 Å². The van der Waals surface area contributed by atoms with E-state index in [-0.39, 0.29) is 6.61 Å². The molecule has 0 aromatic rings. The molecule has 1 rings (SSSR count). The molecular formula is C16H25NO8. The molecule has 0 spiro atoms. The summed E-state index contributed by atoms with van der Waals surface area (Å²) in [5.41, 5.74) is 0. The molecule has 0 aliphatic carbocycles. The van der Waals surface area contributed by atoms with Crippen LogP contribution in [-0.4, -0.2) is 87.2 Å². The normalized spacial score (nSPS) is 16.4. The van der Waals surface area contributed by atoms with Crippen LogP contribution >= 0.6 is 0 Å². The number of aliphatic hydroxyl groups is 1. The third-order valence-corrected chi connectivity index (χ3v) is 3.43. The second-order valence-corrected chi connectivity index (χ2v) is 5.33. The number of hydrogen-bond donors (Lipinski definition) is 1. The van der Waals surface area contributed by atoms with E-state index >= 15 is 0 Å². The molecule has 0 aromatic carbocycles. The van der Waals surface area contributed by atoms with Gasteiger partial charge >= 0.3 is 17.9 Å². The van der Waals surface area contributed by atoms with Crippen molar-refractivity contribution in [3.05, 3.63) is 12.2 Å². The van der Waals surface area contributed by atoms with Crippen molar-refractivity contribution in [1.82, 2.24) is 4.90 Å². The Morgan fingerprint density at radius 2 is 1.80 bits per heavy atom. The highest BCUT2D eigenvalue weighted by molar-refractivity contribution is 5.91. The monoisotopic (exact) mass is 359 g/mol. The molecule has 1 aliphatic rings. The number of morpholine rings is 1. The van der Waals surface area contributed by atoms with Crippen LogP contribution in [0.3, 0.4) is 0 Å². The molecule has 1 unspecified atom stereocenters. The third kappa shape index (κ3) is 9.80. The molecule has 0 aromatic heterocycles. The van der Waals surface area contributed by atoms with Crippen molar-refractivity contribution in [3.8, 4) is 0 Å². The Hall–Kier alpha value is -1.97. The number of unbranched alkanes of at least 4 members (excludes halogenated alkanes) is 1. The molecule has 1 N–H and O–H groups in total. The second kappa shape index (κ2) is 12.4. The number of carbonyl (C=O) groups excluding carboxylic acids is 3. The summed E-state index contributed by atoms with van der Waals surface area (Å²) in [6.45, 7) is 3.87. The van der Waals surface area contributed by atoms with E-state index in [1.54, 1.807) is 0 Å². The molecule has 1 saturated heterocycles. The first kappa shape index (κ1) is 21.1. The van der Waals surface area contributed by atoms with Gasteiger partial charge in [0.1, 0.15) is 6.61 Å². The Balaban J connectivity index is 2.07. The highest BCUT2D eigenvalue weighted by Crippen LogP contribution is 2.01. The fraction of sp³-hybridized carbons (Fsp3) is 0.688. The van der Waals surface area contributed by atoms with Crippen LogP contribution in [0.4, 0.5) is 0 Å². The largest absolute Gasteiger partial charge is 0.466 e. The van der Waals surface area contributed by atoms with Gasteiger partial charge in [0.25, 0.3) is 0 Å². The van der Waals surface area contributed by atoms with Gasteiger partial charge in [-0.3, -0.25) is 4.90 Å². The van der Waals surface area contributed by atoms with Crippen molar-refractivity contribution in [2.24, 2.45) is 0 Å². The van der Waals surface area contributed by atoms with Crippen molar-refractivity contribution >= 4 is 17.9 Å². The van der Waals surface area contributed by atoms with E-state index in [1.165, 1.54) is 7.11 Å². The Kier molecular flexibility index (Phi) is 10.5. The van der Waals surface area contributed by atoms with Crippen LogP contribution in [-0.2, 0) is 33.3 Å². The van der Waals surface area contributed by atoms with Gasteiger partial charge in [0.05, 0.1) is 26.9 Å². The topological polar surface area (TPSA) is 112 Å². The van der Waals surface area contributed by atoms with Gasteiger partial charge in [-0.15, -0.1) is 0 Å². The zero-order valence-electron chi connectivity index (χ0n) is 14.3. The maximum Gasteiger partial charge on any atom is 0.338 e. The minimum atomic E-state index is -1.56. The first-order valence-electron chi connectivity index (χ1n) is 8.10. The van der Waals surface area contributed by atoms with Crippen LogP contribution in [0.5, 0.6) is 0 Å². The molecule has 0 amide bonds. The molecule has 142 valence electrons. The Bertz CT molecular complexity index is 459. The number of esters is 3. The SMILES string of the molecule is COC(=O)/C=C/C(=O)OCC(O)C(=O)OCCCCN1CCOCC1. The predicted molar refractivity (Wildman–Crippen MR) is 85.6 cm³/mol. The van der Waals surface area contributed by atoms with E-state index in [9.17, 15) is 19.5 Å². The van der Waals surface area contributed by atoms with Crippen LogP contribution in [0.15, 0.2) is 12.2 Å². The van der Waals surface area contributed by atoms with E-state index in [4.69, 9.17) is 9.47 Å². The summed E-state index contributed by atoms with van der Waals surface area (Å²) in [6.07, 6.45) is 1.71. The number of hydrogen-bond acceptors (Lipinski definition) is 9. The van der Waals surface area contributed by atoms with Crippen LogP contribution in [0, 0.1) is 0 Å². The van der Waals surface area contributed by atoms with Gasteiger partial charge in [-0.2, -0.15) is 0 Å². The van der Waals surface area contributed by atoms with E-state index < -0.39 is 30.6 Å². The fourth-order valence-corrected chi connectivity index (χ4v) is 2.01. The number of aliphatic hydroxyl groups excluding tert-OH is 1. The van der Waals surface area contributed by atoms with E-state index in [0.717, 1.165) is 51.4 Å². The molecular weight excluding hydrogens is 334 g/mol. The molecule has 1 aliphatic heterocycles. The van der Waals surface area contributed by atoms with Gasteiger partial charge in [-0.05, 0) is 19.4 Å². The van der Waals surface area contributed by atoms with Crippen molar-refractivity contribution in [1.29, 1.82) is 0 Å². The molecule has 0 saturated carbocycles. The lowest BCUT2D eigenvalue weighted by atomic mass is 10.3. The van der Waals surface area contributed by atoms with Crippen LogP contribution in [0.2, 0.25) is 0 Å².